The molecule has 0 saturated carbocycles. The van der Waals surface area contributed by atoms with Crippen LogP contribution in [0.15, 0.2) is 89.7 Å². The normalized spacial score (nSPS) is 13.7. The van der Waals surface area contributed by atoms with Crippen LogP contribution in [0, 0.1) is 5.41 Å². The highest BCUT2D eigenvalue weighted by molar-refractivity contribution is 7.84. The molecule has 5 rings (SSSR count). The van der Waals surface area contributed by atoms with Crippen molar-refractivity contribution < 1.29 is 33.1 Å². The Labute approximate surface area is 320 Å². The van der Waals surface area contributed by atoms with Crippen molar-refractivity contribution in [3.8, 4) is 16.9 Å². The zero-order chi connectivity index (χ0) is 38.5. The minimum atomic E-state index is -1.30. The average Bonchev–Trinajstić information content (AvgIpc) is 3.60. The largest absolute Gasteiger partial charge is 0.491 e. The number of aromatic nitrogens is 2. The monoisotopic (exact) mass is 756 g/mol. The highest BCUT2D eigenvalue weighted by atomic mass is 32.2. The van der Waals surface area contributed by atoms with Gasteiger partial charge >= 0.3 is 5.97 Å². The molecule has 1 amide bonds. The van der Waals surface area contributed by atoms with Crippen molar-refractivity contribution in [3.05, 3.63) is 96.1 Å². The molecule has 0 aliphatic carbocycles. The summed E-state index contributed by atoms with van der Waals surface area (Å²) in [5.41, 5.74) is 4.75. The van der Waals surface area contributed by atoms with Crippen LogP contribution >= 0.6 is 0 Å². The lowest BCUT2D eigenvalue weighted by molar-refractivity contribution is -0.146. The number of unbranched alkanes of at least 4 members (excludes halogenated alkanes) is 1. The molecule has 0 bridgehead atoms. The summed E-state index contributed by atoms with van der Waals surface area (Å²) in [6.45, 7) is 9.44. The minimum absolute atomic E-state index is 0.221. The van der Waals surface area contributed by atoms with Crippen LogP contribution < -0.4 is 15.0 Å². The predicted octanol–water partition coefficient (Wildman–Crippen LogP) is 7.43. The van der Waals surface area contributed by atoms with Crippen LogP contribution in [0.2, 0.25) is 0 Å². The summed E-state index contributed by atoms with van der Waals surface area (Å²) in [5, 5.41) is 13.0. The van der Waals surface area contributed by atoms with Crippen LogP contribution in [0.25, 0.3) is 17.2 Å². The zero-order valence-electron chi connectivity index (χ0n) is 31.7. The molecule has 2 heterocycles. The van der Waals surface area contributed by atoms with Crippen LogP contribution in [0.1, 0.15) is 57.7 Å². The number of benzene rings is 3. The number of carboxylic acid groups (broad SMARTS) is 1. The lowest BCUT2D eigenvalue weighted by atomic mass is 9.91. The molecule has 0 spiro atoms. The fraction of sp³-hybridized carbons (Fsp3) is 0.405. The third kappa shape index (κ3) is 11.1. The van der Waals surface area contributed by atoms with Crippen molar-refractivity contribution in [3.63, 3.8) is 0 Å². The van der Waals surface area contributed by atoms with Crippen LogP contribution in [0.4, 0.5) is 11.4 Å². The van der Waals surface area contributed by atoms with Crippen molar-refractivity contribution in [2.45, 2.75) is 63.6 Å². The first-order valence-electron chi connectivity index (χ1n) is 18.5. The van der Waals surface area contributed by atoms with Gasteiger partial charge in [0.1, 0.15) is 12.4 Å². The van der Waals surface area contributed by atoms with Gasteiger partial charge < -0.3 is 34.1 Å². The SMILES string of the molecule is CCCCOCCOc1ccc(-c2ccc3c(c2)C=C(C(=O)Nc2ccc(S(=O)Cc4cncn4CCOC)cc2)CCCN3CC(C)(C)C(=O)O)cc1. The molecule has 1 unspecified atom stereocenters. The van der Waals surface area contributed by atoms with E-state index in [9.17, 15) is 18.9 Å². The number of nitrogens with one attached hydrogen (secondary N) is 1. The number of carboxylic acids is 1. The van der Waals surface area contributed by atoms with Gasteiger partial charge in [-0.2, -0.15) is 0 Å². The van der Waals surface area contributed by atoms with E-state index in [1.807, 2.05) is 47.0 Å². The molecule has 1 aliphatic rings. The number of aliphatic carboxylic acids is 1. The predicted molar refractivity (Wildman–Crippen MR) is 213 cm³/mol. The second-order valence-corrected chi connectivity index (χ2v) is 15.5. The number of hydrogen-bond acceptors (Lipinski definition) is 8. The number of imidazole rings is 1. The fourth-order valence-corrected chi connectivity index (χ4v) is 7.27. The topological polar surface area (TPSA) is 132 Å². The van der Waals surface area contributed by atoms with Crippen molar-refractivity contribution in [1.29, 1.82) is 0 Å². The van der Waals surface area contributed by atoms with Gasteiger partial charge in [0.05, 0.1) is 47.2 Å². The number of rotatable bonds is 19. The van der Waals surface area contributed by atoms with Gasteiger partial charge in [-0.15, -0.1) is 0 Å². The molecule has 1 atom stereocenters. The Morgan fingerprint density at radius 2 is 1.74 bits per heavy atom. The molecule has 3 aromatic carbocycles. The first kappa shape index (κ1) is 40.4. The smallest absolute Gasteiger partial charge is 0.310 e. The molecule has 0 radical (unpaired) electrons. The molecular formula is C42H52N4O7S. The van der Waals surface area contributed by atoms with Gasteiger partial charge in [0.25, 0.3) is 5.91 Å². The lowest BCUT2D eigenvalue weighted by Crippen LogP contribution is -2.40. The first-order chi connectivity index (χ1) is 26.1. The van der Waals surface area contributed by atoms with E-state index in [1.54, 1.807) is 57.7 Å². The molecule has 11 nitrogen and oxygen atoms in total. The Morgan fingerprint density at radius 1 is 0.981 bits per heavy atom. The van der Waals surface area contributed by atoms with E-state index < -0.39 is 22.2 Å². The summed E-state index contributed by atoms with van der Waals surface area (Å²) < 4.78 is 31.7. The summed E-state index contributed by atoms with van der Waals surface area (Å²) in [6, 6.07) is 21.1. The van der Waals surface area contributed by atoms with Gasteiger partial charge in [0, 0.05) is 61.4 Å². The van der Waals surface area contributed by atoms with Crippen molar-refractivity contribution in [2.24, 2.45) is 5.41 Å². The van der Waals surface area contributed by atoms with Crippen molar-refractivity contribution in [1.82, 2.24) is 9.55 Å². The molecular weight excluding hydrogens is 705 g/mol. The number of ether oxygens (including phenoxy) is 3. The molecule has 54 heavy (non-hydrogen) atoms. The summed E-state index contributed by atoms with van der Waals surface area (Å²) in [7, 11) is 0.342. The summed E-state index contributed by atoms with van der Waals surface area (Å²) >= 11 is 0. The lowest BCUT2D eigenvalue weighted by Gasteiger charge is -2.34. The molecule has 0 saturated heterocycles. The van der Waals surface area contributed by atoms with E-state index in [1.165, 1.54) is 0 Å². The summed E-state index contributed by atoms with van der Waals surface area (Å²) in [4.78, 5) is 32.8. The van der Waals surface area contributed by atoms with Gasteiger partial charge in [0.15, 0.2) is 0 Å². The Balaban J connectivity index is 1.33. The van der Waals surface area contributed by atoms with Gasteiger partial charge in [-0.1, -0.05) is 31.5 Å². The summed E-state index contributed by atoms with van der Waals surface area (Å²) in [6.07, 6.45) is 8.65. The molecule has 288 valence electrons. The molecule has 1 aromatic heterocycles. The van der Waals surface area contributed by atoms with E-state index in [2.05, 4.69) is 28.2 Å². The third-order valence-electron chi connectivity index (χ3n) is 9.34. The maximum atomic E-state index is 13.8. The number of carbonyl (C=O) groups excluding carboxylic acids is 1. The second kappa shape index (κ2) is 19.5. The highest BCUT2D eigenvalue weighted by Gasteiger charge is 2.31. The van der Waals surface area contributed by atoms with Crippen molar-refractivity contribution >= 4 is 40.1 Å². The van der Waals surface area contributed by atoms with Gasteiger partial charge in [0.2, 0.25) is 0 Å². The standard InChI is InChI=1S/C42H52N4O7S/c1-5-6-21-52-23-24-53-37-14-9-31(10-15-37)32-11-18-39-34(25-32)26-33(8-7-19-45(39)29-42(2,3)41(48)49)40(47)44-35-12-16-38(17-13-35)54(50)28-36-27-43-30-46(36)20-22-51-4/h9-18,25-27,30H,5-8,19-24,28-29H2,1-4H3,(H,44,47)(H,48,49). The first-order valence-corrected chi connectivity index (χ1v) is 19.8. The third-order valence-corrected chi connectivity index (χ3v) is 10.7. The number of hydrogen-bond donors (Lipinski definition) is 2. The van der Waals surface area contributed by atoms with E-state index in [-0.39, 0.29) is 5.91 Å². The van der Waals surface area contributed by atoms with Crippen molar-refractivity contribution in [2.75, 3.05) is 56.8 Å². The molecule has 4 aromatic rings. The van der Waals surface area contributed by atoms with E-state index in [0.29, 0.717) is 74.2 Å². The van der Waals surface area contributed by atoms with Gasteiger partial charge in [-0.3, -0.25) is 13.8 Å². The van der Waals surface area contributed by atoms with Crippen LogP contribution in [-0.4, -0.2) is 77.4 Å². The number of anilines is 2. The highest BCUT2D eigenvalue weighted by Crippen LogP contribution is 2.35. The van der Waals surface area contributed by atoms with Gasteiger partial charge in [-0.25, -0.2) is 4.98 Å². The number of nitrogens with zero attached hydrogens (tertiary/aromatic N) is 3. The molecule has 2 N–H and O–H groups in total. The Morgan fingerprint density at radius 3 is 2.46 bits per heavy atom. The second-order valence-electron chi connectivity index (χ2n) is 14.0. The fourth-order valence-electron chi connectivity index (χ4n) is 6.16. The average molecular weight is 757 g/mol. The molecule has 1 aliphatic heterocycles. The van der Waals surface area contributed by atoms with E-state index in [4.69, 9.17) is 14.2 Å². The van der Waals surface area contributed by atoms with Crippen LogP contribution in [0.3, 0.4) is 0 Å². The Hall–Kier alpha value is -4.78. The number of amides is 1. The van der Waals surface area contributed by atoms with E-state index >= 15 is 0 Å². The number of fused-ring (bicyclic) bond motifs is 1. The zero-order valence-corrected chi connectivity index (χ0v) is 32.5. The Kier molecular flexibility index (Phi) is 14.6. The number of carbonyl (C=O) groups is 2. The maximum absolute atomic E-state index is 13.8. The van der Waals surface area contributed by atoms with E-state index in [0.717, 1.165) is 53.3 Å². The number of methoxy groups -OCH3 is 1. The molecule has 12 heteroatoms. The van der Waals surface area contributed by atoms with Crippen LogP contribution in [-0.2, 0) is 42.2 Å². The van der Waals surface area contributed by atoms with Gasteiger partial charge in [-0.05, 0) is 104 Å². The minimum Gasteiger partial charge on any atom is -0.491 e. The quantitative estimate of drug-likeness (QED) is 0.0938. The maximum Gasteiger partial charge on any atom is 0.310 e. The van der Waals surface area contributed by atoms with Crippen LogP contribution in [0.5, 0.6) is 5.75 Å². The Bertz CT molecular complexity index is 1900. The summed E-state index contributed by atoms with van der Waals surface area (Å²) in [5.74, 6) is -0.00939. The molecule has 0 fully saturated rings.